The summed E-state index contributed by atoms with van der Waals surface area (Å²) in [5.41, 5.74) is 10.5. The average molecular weight is 717 g/mol. The van der Waals surface area contributed by atoms with Gasteiger partial charge in [-0.1, -0.05) is 50.1 Å². The van der Waals surface area contributed by atoms with E-state index in [-0.39, 0.29) is 42.7 Å². The number of fused-ring (bicyclic) bond motifs is 4. The molecule has 5 atom stereocenters. The van der Waals surface area contributed by atoms with Crippen molar-refractivity contribution >= 4 is 44.4 Å². The molecule has 8 nitrogen and oxygen atoms in total. The van der Waals surface area contributed by atoms with Gasteiger partial charge in [-0.05, 0) is 89.7 Å². The fraction of sp³-hybridized carbons (Fsp3) is 0.457. The van der Waals surface area contributed by atoms with Crippen molar-refractivity contribution in [3.8, 4) is 12.1 Å². The molecule has 3 aliphatic heterocycles. The Morgan fingerprint density at radius 3 is 2.20 bits per heavy atom. The quantitative estimate of drug-likeness (QED) is 0.237. The van der Waals surface area contributed by atoms with Gasteiger partial charge in [-0.2, -0.15) is 16.2 Å². The second-order valence-corrected chi connectivity index (χ2v) is 14.1. The van der Waals surface area contributed by atoms with Crippen LogP contribution in [0.2, 0.25) is 0 Å². The van der Waals surface area contributed by atoms with E-state index in [1.807, 2.05) is 25.2 Å². The van der Waals surface area contributed by atoms with Crippen LogP contribution in [0.15, 0.2) is 55.4 Å². The molecule has 6 rings (SSSR count). The van der Waals surface area contributed by atoms with Crippen LogP contribution in [0.3, 0.4) is 0 Å². The van der Waals surface area contributed by atoms with E-state index < -0.39 is 17.4 Å². The summed E-state index contributed by atoms with van der Waals surface area (Å²) < 4.78 is 5.78. The Balaban J connectivity index is 0.00000400. The standard InChI is InChI=1S/C35H35BrN6O2.Zn/c1-16-17(2)25(39-24(16)9-20-13-34(5,6)35(7,15-38)42-20)11-26-18(3)19(4)27(40-26)12-28-30-21-10-22(31(30)32(36)41-28)29(23(21)14-37)33(43)44-8;/h9,11-12,21-23,29H,10,13H2,1-8H3;/q-2;+2/t21-,22+,23+,29+,35?;/m1./s1. The van der Waals surface area contributed by atoms with Crippen LogP contribution in [0.1, 0.15) is 70.0 Å². The molecule has 2 aliphatic carbocycles. The number of rotatable bonds is 4. The van der Waals surface area contributed by atoms with Crippen LogP contribution in [0.5, 0.6) is 0 Å². The molecule has 45 heavy (non-hydrogen) atoms. The molecular weight excluding hydrogens is 682 g/mol. The zero-order valence-corrected chi connectivity index (χ0v) is 31.6. The first kappa shape index (κ1) is 33.0. The monoisotopic (exact) mass is 714 g/mol. The Bertz CT molecular complexity index is 1840. The number of hydrogen-bond donors (Lipinski definition) is 0. The van der Waals surface area contributed by atoms with Crippen LogP contribution in [-0.4, -0.2) is 29.0 Å². The van der Waals surface area contributed by atoms with Crippen molar-refractivity contribution in [3.05, 3.63) is 73.3 Å². The van der Waals surface area contributed by atoms with Gasteiger partial charge in [-0.25, -0.2) is 9.98 Å². The van der Waals surface area contributed by atoms with Crippen LogP contribution < -0.4 is 4.98 Å². The summed E-state index contributed by atoms with van der Waals surface area (Å²) in [7, 11) is 1.38. The van der Waals surface area contributed by atoms with Gasteiger partial charge in [0.15, 0.2) is 0 Å². The summed E-state index contributed by atoms with van der Waals surface area (Å²) in [6.07, 6.45) is 7.53. The van der Waals surface area contributed by atoms with Crippen molar-refractivity contribution in [2.24, 2.45) is 39.1 Å². The number of esters is 1. The SMILES string of the molecule is COC(=O)[C@@H]1[C@@H](C#N)[C@H]2C[C@@H]1C1=C2/C(=C/c2[n-]c(/C=C3N=C(/C=C4/CC(C)(C)C(C)(C#N)[N-]4)C(C)=C\3C)c(C)c2C)N=C1Br.[Zn+2]. The summed E-state index contributed by atoms with van der Waals surface area (Å²) in [4.78, 5) is 27.4. The van der Waals surface area contributed by atoms with Gasteiger partial charge in [0.1, 0.15) is 4.62 Å². The third-order valence-corrected chi connectivity index (χ3v) is 11.3. The maximum absolute atomic E-state index is 12.6. The molecular formula is C35H35BrN6O2Zn. The topological polar surface area (TPSA) is 127 Å². The van der Waals surface area contributed by atoms with Gasteiger partial charge in [0.2, 0.25) is 0 Å². The minimum absolute atomic E-state index is 0. The first-order valence-corrected chi connectivity index (χ1v) is 15.7. The maximum atomic E-state index is 12.6. The number of aromatic nitrogens is 1. The Kier molecular flexibility index (Phi) is 8.43. The summed E-state index contributed by atoms with van der Waals surface area (Å²) in [5.74, 6) is -1.37. The number of halogens is 1. The van der Waals surface area contributed by atoms with E-state index in [0.717, 1.165) is 85.1 Å². The van der Waals surface area contributed by atoms with Crippen LogP contribution in [0.4, 0.5) is 0 Å². The molecule has 0 aromatic carbocycles. The van der Waals surface area contributed by atoms with Crippen molar-refractivity contribution in [2.75, 3.05) is 7.11 Å². The Morgan fingerprint density at radius 1 is 0.978 bits per heavy atom. The number of ether oxygens (including phenoxy) is 1. The maximum Gasteiger partial charge on any atom is 2.00 e. The van der Waals surface area contributed by atoms with E-state index in [1.165, 1.54) is 7.11 Å². The first-order chi connectivity index (χ1) is 20.7. The van der Waals surface area contributed by atoms with Crippen LogP contribution in [0.25, 0.3) is 17.5 Å². The van der Waals surface area contributed by atoms with Crippen molar-refractivity contribution in [2.45, 2.75) is 66.8 Å². The Morgan fingerprint density at radius 2 is 1.62 bits per heavy atom. The molecule has 2 fully saturated rings. The van der Waals surface area contributed by atoms with E-state index in [0.29, 0.717) is 0 Å². The molecule has 1 unspecified atom stereocenters. The third kappa shape index (κ3) is 4.97. The molecule has 1 saturated carbocycles. The van der Waals surface area contributed by atoms with Crippen LogP contribution in [-0.2, 0) is 29.0 Å². The number of nitrogens with zero attached hydrogens (tertiary/aromatic N) is 6. The molecule has 226 valence electrons. The van der Waals surface area contributed by atoms with Gasteiger partial charge in [-0.3, -0.25) is 4.79 Å². The summed E-state index contributed by atoms with van der Waals surface area (Å²) in [6.45, 7) is 14.3. The average Bonchev–Trinajstić information content (AvgIpc) is 3.79. The number of carbonyl (C=O) groups excluding carboxylic acids is 1. The minimum atomic E-state index is -0.755. The van der Waals surface area contributed by atoms with Crippen molar-refractivity contribution in [1.29, 1.82) is 10.5 Å². The molecule has 1 aromatic rings. The van der Waals surface area contributed by atoms with Gasteiger partial charge < -0.3 is 15.0 Å². The second kappa shape index (κ2) is 11.5. The number of carbonyl (C=O) groups is 1. The Hall–Kier alpha value is -3.33. The largest absolute Gasteiger partial charge is 2.00 e. The molecule has 4 heterocycles. The predicted octanol–water partition coefficient (Wildman–Crippen LogP) is 7.38. The van der Waals surface area contributed by atoms with Gasteiger partial charge >= 0.3 is 25.4 Å². The molecule has 1 saturated heterocycles. The summed E-state index contributed by atoms with van der Waals surface area (Å²) >= 11 is 3.64. The van der Waals surface area contributed by atoms with E-state index >= 15 is 0 Å². The first-order valence-electron chi connectivity index (χ1n) is 14.9. The van der Waals surface area contributed by atoms with Crippen molar-refractivity contribution < 1.29 is 29.0 Å². The van der Waals surface area contributed by atoms with E-state index in [1.54, 1.807) is 0 Å². The molecule has 0 N–H and O–H groups in total. The Labute approximate surface area is 286 Å². The van der Waals surface area contributed by atoms with E-state index in [9.17, 15) is 15.3 Å². The molecule has 1 aromatic heterocycles. The predicted molar refractivity (Wildman–Crippen MR) is 174 cm³/mol. The van der Waals surface area contributed by atoms with Crippen LogP contribution >= 0.6 is 15.9 Å². The second-order valence-electron chi connectivity index (χ2n) is 13.3. The third-order valence-electron chi connectivity index (χ3n) is 10.7. The van der Waals surface area contributed by atoms with Gasteiger partial charge in [0.05, 0.1) is 42.1 Å². The molecule has 2 bridgehead atoms. The molecule has 0 amide bonds. The molecule has 0 radical (unpaired) electrons. The van der Waals surface area contributed by atoms with Crippen molar-refractivity contribution in [3.63, 3.8) is 0 Å². The molecule has 0 spiro atoms. The van der Waals surface area contributed by atoms with Gasteiger partial charge in [0, 0.05) is 17.9 Å². The molecule has 10 heteroatoms. The number of allylic oxidation sites excluding steroid dienone is 6. The van der Waals surface area contributed by atoms with Crippen molar-refractivity contribution in [1.82, 2.24) is 4.98 Å². The molecule has 5 aliphatic rings. The summed E-state index contributed by atoms with van der Waals surface area (Å²) in [5, 5.41) is 24.5. The number of aliphatic imine (C=N–C) groups is 2. The van der Waals surface area contributed by atoms with Gasteiger partial charge in [0.25, 0.3) is 0 Å². The zero-order chi connectivity index (χ0) is 31.9. The summed E-state index contributed by atoms with van der Waals surface area (Å²) in [6, 6.07) is 4.78. The number of hydrogen-bond acceptors (Lipinski definition) is 6. The fourth-order valence-corrected chi connectivity index (χ4v) is 8.01. The van der Waals surface area contributed by atoms with Crippen LogP contribution in [0, 0.1) is 65.6 Å². The fourth-order valence-electron chi connectivity index (χ4n) is 7.31. The van der Waals surface area contributed by atoms with E-state index in [2.05, 4.69) is 69.6 Å². The normalized spacial score (nSPS) is 32.0. The zero-order valence-electron chi connectivity index (χ0n) is 27.0. The van der Waals surface area contributed by atoms with Gasteiger partial charge in [-0.15, -0.1) is 11.4 Å². The minimum Gasteiger partial charge on any atom is -0.670 e. The number of nitriles is 2. The number of methoxy groups -OCH3 is 1. The smallest absolute Gasteiger partial charge is 0.670 e. The van der Waals surface area contributed by atoms with E-state index in [4.69, 9.17) is 25.0 Å².